The van der Waals surface area contributed by atoms with Gasteiger partial charge in [0.05, 0.1) is 13.2 Å². The largest absolute Gasteiger partial charge is 0.494 e. The van der Waals surface area contributed by atoms with Crippen LogP contribution in [0.1, 0.15) is 18.7 Å². The number of aromatic nitrogens is 2. The van der Waals surface area contributed by atoms with Gasteiger partial charge in [-0.3, -0.25) is 4.79 Å². The molecule has 0 fully saturated rings. The number of amides is 1. The fourth-order valence-electron chi connectivity index (χ4n) is 2.26. The molecule has 0 unspecified atom stereocenters. The van der Waals surface area contributed by atoms with E-state index >= 15 is 0 Å². The Hall–Kier alpha value is -2.93. The first kappa shape index (κ1) is 18.8. The quantitative estimate of drug-likeness (QED) is 0.589. The molecular formula is C19H17ClFN3O3. The summed E-state index contributed by atoms with van der Waals surface area (Å²) in [4.78, 5) is 16.1. The molecule has 2 aromatic carbocycles. The standard InChI is InChI=1S/C19H17ClFN3O3/c20-14-5-3-13(4-6-14)19-23-18(27-24-19)12-22-17(25)2-1-11-26-16-9-7-15(21)8-10-16/h3-10H,1-2,11-12H2,(H,22,25). The number of halogens is 2. The normalized spacial score (nSPS) is 10.6. The average molecular weight is 390 g/mol. The molecule has 0 spiro atoms. The van der Waals surface area contributed by atoms with Crippen molar-refractivity contribution in [2.45, 2.75) is 19.4 Å². The maximum Gasteiger partial charge on any atom is 0.246 e. The highest BCUT2D eigenvalue weighted by Gasteiger charge is 2.10. The van der Waals surface area contributed by atoms with E-state index in [0.29, 0.717) is 41.9 Å². The van der Waals surface area contributed by atoms with Gasteiger partial charge in [0.1, 0.15) is 11.6 Å². The zero-order valence-corrected chi connectivity index (χ0v) is 15.1. The van der Waals surface area contributed by atoms with E-state index in [-0.39, 0.29) is 18.3 Å². The molecule has 1 aromatic heterocycles. The van der Waals surface area contributed by atoms with Gasteiger partial charge in [-0.25, -0.2) is 4.39 Å². The lowest BCUT2D eigenvalue weighted by Gasteiger charge is -2.06. The lowest BCUT2D eigenvalue weighted by molar-refractivity contribution is -0.121. The molecule has 0 saturated carbocycles. The SMILES string of the molecule is O=C(CCCOc1ccc(F)cc1)NCc1nc(-c2ccc(Cl)cc2)no1. The van der Waals surface area contributed by atoms with Gasteiger partial charge < -0.3 is 14.6 Å². The summed E-state index contributed by atoms with van der Waals surface area (Å²) in [7, 11) is 0. The van der Waals surface area contributed by atoms with Crippen molar-refractivity contribution in [3.8, 4) is 17.1 Å². The first-order chi connectivity index (χ1) is 13.1. The van der Waals surface area contributed by atoms with E-state index in [2.05, 4.69) is 15.5 Å². The maximum absolute atomic E-state index is 12.8. The van der Waals surface area contributed by atoms with E-state index in [9.17, 15) is 9.18 Å². The van der Waals surface area contributed by atoms with Crippen LogP contribution in [0.3, 0.4) is 0 Å². The number of nitrogens with zero attached hydrogens (tertiary/aromatic N) is 2. The molecule has 6 nitrogen and oxygen atoms in total. The zero-order chi connectivity index (χ0) is 19.1. The van der Waals surface area contributed by atoms with Crippen LogP contribution in [-0.2, 0) is 11.3 Å². The average Bonchev–Trinajstić information content (AvgIpc) is 3.14. The van der Waals surface area contributed by atoms with Crippen molar-refractivity contribution in [2.75, 3.05) is 6.61 Å². The van der Waals surface area contributed by atoms with Crippen LogP contribution in [0, 0.1) is 5.82 Å². The number of benzene rings is 2. The second-order valence-corrected chi connectivity index (χ2v) is 6.14. The molecule has 8 heteroatoms. The van der Waals surface area contributed by atoms with E-state index in [1.807, 2.05) is 0 Å². The third-order valence-electron chi connectivity index (χ3n) is 3.64. The number of carbonyl (C=O) groups is 1. The molecule has 1 heterocycles. The summed E-state index contributed by atoms with van der Waals surface area (Å²) in [5.41, 5.74) is 0.777. The Labute approximate surface area is 160 Å². The third kappa shape index (κ3) is 5.79. The summed E-state index contributed by atoms with van der Waals surface area (Å²) in [5.74, 6) is 0.850. The van der Waals surface area contributed by atoms with Crippen LogP contribution in [0.4, 0.5) is 4.39 Å². The predicted molar refractivity (Wildman–Crippen MR) is 97.7 cm³/mol. The molecule has 0 atom stereocenters. The van der Waals surface area contributed by atoms with Gasteiger partial charge >= 0.3 is 0 Å². The van der Waals surface area contributed by atoms with Crippen LogP contribution < -0.4 is 10.1 Å². The van der Waals surface area contributed by atoms with Gasteiger partial charge in [-0.15, -0.1) is 0 Å². The molecule has 1 amide bonds. The maximum atomic E-state index is 12.8. The Morgan fingerprint density at radius 2 is 1.89 bits per heavy atom. The molecule has 0 saturated heterocycles. The smallest absolute Gasteiger partial charge is 0.246 e. The topological polar surface area (TPSA) is 77.2 Å². The Bertz CT molecular complexity index is 882. The summed E-state index contributed by atoms with van der Waals surface area (Å²) in [6.45, 7) is 0.512. The van der Waals surface area contributed by atoms with Gasteiger partial charge in [-0.1, -0.05) is 16.8 Å². The van der Waals surface area contributed by atoms with Crippen molar-refractivity contribution >= 4 is 17.5 Å². The second-order valence-electron chi connectivity index (χ2n) is 5.70. The minimum atomic E-state index is -0.318. The third-order valence-corrected chi connectivity index (χ3v) is 3.89. The Balaban J connectivity index is 1.38. The molecule has 0 aliphatic rings. The second kappa shape index (κ2) is 9.14. The minimum absolute atomic E-state index is 0.149. The van der Waals surface area contributed by atoms with Gasteiger partial charge in [-0.05, 0) is 55.0 Å². The van der Waals surface area contributed by atoms with Gasteiger partial charge in [-0.2, -0.15) is 4.98 Å². The first-order valence-corrected chi connectivity index (χ1v) is 8.71. The minimum Gasteiger partial charge on any atom is -0.494 e. The number of hydrogen-bond donors (Lipinski definition) is 1. The van der Waals surface area contributed by atoms with Crippen molar-refractivity contribution in [3.63, 3.8) is 0 Å². The first-order valence-electron chi connectivity index (χ1n) is 8.34. The highest BCUT2D eigenvalue weighted by Crippen LogP contribution is 2.18. The Kier molecular flexibility index (Phi) is 6.38. The summed E-state index contributed by atoms with van der Waals surface area (Å²) in [6, 6.07) is 12.8. The van der Waals surface area contributed by atoms with E-state index in [1.165, 1.54) is 12.1 Å². The van der Waals surface area contributed by atoms with E-state index in [4.69, 9.17) is 20.9 Å². The fraction of sp³-hybridized carbons (Fsp3) is 0.211. The highest BCUT2D eigenvalue weighted by molar-refractivity contribution is 6.30. The molecule has 3 aromatic rings. The molecule has 0 bridgehead atoms. The predicted octanol–water partition coefficient (Wildman–Crippen LogP) is 4.00. The number of nitrogens with one attached hydrogen (secondary N) is 1. The summed E-state index contributed by atoms with van der Waals surface area (Å²) >= 11 is 5.85. The Morgan fingerprint density at radius 3 is 2.63 bits per heavy atom. The van der Waals surface area contributed by atoms with Crippen LogP contribution in [0.2, 0.25) is 5.02 Å². The van der Waals surface area contributed by atoms with Crippen molar-refractivity contribution in [3.05, 3.63) is 65.3 Å². The number of hydrogen-bond acceptors (Lipinski definition) is 5. The highest BCUT2D eigenvalue weighted by atomic mass is 35.5. The Morgan fingerprint density at radius 1 is 1.15 bits per heavy atom. The van der Waals surface area contributed by atoms with E-state index in [1.54, 1.807) is 36.4 Å². The van der Waals surface area contributed by atoms with Crippen molar-refractivity contribution in [2.24, 2.45) is 0 Å². The lowest BCUT2D eigenvalue weighted by Crippen LogP contribution is -2.23. The van der Waals surface area contributed by atoms with Gasteiger partial charge in [0.2, 0.25) is 17.6 Å². The van der Waals surface area contributed by atoms with E-state index in [0.717, 1.165) is 5.56 Å². The van der Waals surface area contributed by atoms with Gasteiger partial charge in [0.15, 0.2) is 0 Å². The van der Waals surface area contributed by atoms with Gasteiger partial charge in [0, 0.05) is 17.0 Å². The fourth-order valence-corrected chi connectivity index (χ4v) is 2.39. The summed E-state index contributed by atoms with van der Waals surface area (Å²) < 4.78 is 23.4. The monoisotopic (exact) mass is 389 g/mol. The number of ether oxygens (including phenoxy) is 1. The van der Waals surface area contributed by atoms with Gasteiger partial charge in [0.25, 0.3) is 0 Å². The number of rotatable bonds is 8. The molecule has 27 heavy (non-hydrogen) atoms. The summed E-state index contributed by atoms with van der Waals surface area (Å²) in [6.07, 6.45) is 0.822. The van der Waals surface area contributed by atoms with Crippen LogP contribution in [-0.4, -0.2) is 22.7 Å². The van der Waals surface area contributed by atoms with Crippen LogP contribution in [0.25, 0.3) is 11.4 Å². The van der Waals surface area contributed by atoms with Crippen LogP contribution in [0.5, 0.6) is 5.75 Å². The summed E-state index contributed by atoms with van der Waals surface area (Å²) in [5, 5.41) is 7.22. The molecule has 0 aliphatic carbocycles. The van der Waals surface area contributed by atoms with Crippen molar-refractivity contribution < 1.29 is 18.4 Å². The van der Waals surface area contributed by atoms with E-state index < -0.39 is 0 Å². The zero-order valence-electron chi connectivity index (χ0n) is 14.3. The molecule has 3 rings (SSSR count). The molecular weight excluding hydrogens is 373 g/mol. The van der Waals surface area contributed by atoms with Crippen LogP contribution in [0.15, 0.2) is 53.1 Å². The van der Waals surface area contributed by atoms with Crippen molar-refractivity contribution in [1.82, 2.24) is 15.5 Å². The number of carbonyl (C=O) groups excluding carboxylic acids is 1. The lowest BCUT2D eigenvalue weighted by atomic mass is 10.2. The van der Waals surface area contributed by atoms with Crippen molar-refractivity contribution in [1.29, 1.82) is 0 Å². The molecule has 1 N–H and O–H groups in total. The molecule has 140 valence electrons. The molecule has 0 radical (unpaired) electrons. The van der Waals surface area contributed by atoms with Crippen LogP contribution >= 0.6 is 11.6 Å². The molecule has 0 aliphatic heterocycles.